The Balaban J connectivity index is 2.00. The predicted octanol–water partition coefficient (Wildman–Crippen LogP) is 2.26. The fourth-order valence-corrected chi connectivity index (χ4v) is 2.06. The number of nitrogens with one attached hydrogen (secondary N) is 1. The molecule has 2 rings (SSSR count). The van der Waals surface area contributed by atoms with E-state index >= 15 is 0 Å². The van der Waals surface area contributed by atoms with Gasteiger partial charge in [-0.25, -0.2) is 4.98 Å². The fraction of sp³-hybridized carbons (Fsp3) is 0.200. The largest absolute Gasteiger partial charge is 0.508 e. The molecular weight excluding hydrogens is 290 g/mol. The number of rotatable bonds is 4. The molecule has 6 heteroatoms. The number of carbonyl (C=O) groups excluding carboxylic acids is 1. The van der Waals surface area contributed by atoms with Crippen molar-refractivity contribution >= 4 is 23.2 Å². The Labute approximate surface area is 127 Å². The van der Waals surface area contributed by atoms with E-state index in [-0.39, 0.29) is 11.7 Å². The van der Waals surface area contributed by atoms with Crippen LogP contribution in [0.4, 0.5) is 5.69 Å². The van der Waals surface area contributed by atoms with Crippen molar-refractivity contribution in [2.75, 3.05) is 5.32 Å². The molecule has 0 aliphatic carbocycles. The lowest BCUT2D eigenvalue weighted by molar-refractivity contribution is -0.117. The highest BCUT2D eigenvalue weighted by Gasteiger charge is 2.15. The molecule has 1 amide bonds. The number of pyridine rings is 1. The molecule has 0 aliphatic heterocycles. The van der Waals surface area contributed by atoms with Crippen molar-refractivity contribution in [3.63, 3.8) is 0 Å². The van der Waals surface area contributed by atoms with Crippen molar-refractivity contribution in [2.45, 2.75) is 19.4 Å². The van der Waals surface area contributed by atoms with E-state index in [9.17, 15) is 9.90 Å². The maximum atomic E-state index is 12.1. The standard InChI is InChI=1S/C15H16ClN3O2/c1-9-13(6-7-14(16)18-9)19-15(21)12(17)8-10-2-4-11(20)5-3-10/h2-7,12,20H,8,17H2,1H3,(H,19,21). The third-order valence-electron chi connectivity index (χ3n) is 3.04. The molecule has 21 heavy (non-hydrogen) atoms. The number of anilines is 1. The van der Waals surface area contributed by atoms with Crippen molar-refractivity contribution in [1.29, 1.82) is 0 Å². The van der Waals surface area contributed by atoms with Crippen molar-refractivity contribution in [3.05, 3.63) is 52.8 Å². The lowest BCUT2D eigenvalue weighted by Gasteiger charge is -2.13. The van der Waals surface area contributed by atoms with E-state index in [1.165, 1.54) is 0 Å². The first kappa shape index (κ1) is 15.3. The van der Waals surface area contributed by atoms with Crippen molar-refractivity contribution in [2.24, 2.45) is 5.73 Å². The van der Waals surface area contributed by atoms with E-state index in [0.29, 0.717) is 23.0 Å². The summed E-state index contributed by atoms with van der Waals surface area (Å²) in [6.07, 6.45) is 0.381. The lowest BCUT2D eigenvalue weighted by Crippen LogP contribution is -2.37. The van der Waals surface area contributed by atoms with E-state index in [0.717, 1.165) is 5.56 Å². The summed E-state index contributed by atoms with van der Waals surface area (Å²) in [6, 6.07) is 9.20. The number of hydrogen-bond acceptors (Lipinski definition) is 4. The number of phenols is 1. The number of nitrogens with zero attached hydrogens (tertiary/aromatic N) is 1. The highest BCUT2D eigenvalue weighted by molar-refractivity contribution is 6.29. The van der Waals surface area contributed by atoms with E-state index < -0.39 is 6.04 Å². The molecule has 1 heterocycles. The summed E-state index contributed by atoms with van der Waals surface area (Å²) < 4.78 is 0. The van der Waals surface area contributed by atoms with Gasteiger partial charge in [0.1, 0.15) is 10.9 Å². The summed E-state index contributed by atoms with van der Waals surface area (Å²) in [5.74, 6) is -0.116. The highest BCUT2D eigenvalue weighted by atomic mass is 35.5. The first-order valence-corrected chi connectivity index (χ1v) is 6.81. The Morgan fingerprint density at radius 3 is 2.62 bits per heavy atom. The number of aromatic hydroxyl groups is 1. The van der Waals surface area contributed by atoms with Crippen LogP contribution in [0.1, 0.15) is 11.3 Å². The van der Waals surface area contributed by atoms with Gasteiger partial charge in [-0.3, -0.25) is 4.79 Å². The van der Waals surface area contributed by atoms with Gasteiger partial charge in [-0.2, -0.15) is 0 Å². The number of aromatic nitrogens is 1. The van der Waals surface area contributed by atoms with Crippen LogP contribution in [0.5, 0.6) is 5.75 Å². The maximum Gasteiger partial charge on any atom is 0.241 e. The zero-order chi connectivity index (χ0) is 15.4. The smallest absolute Gasteiger partial charge is 0.241 e. The first-order valence-electron chi connectivity index (χ1n) is 6.43. The third kappa shape index (κ3) is 4.18. The van der Waals surface area contributed by atoms with Crippen LogP contribution in [0.2, 0.25) is 5.15 Å². The first-order chi connectivity index (χ1) is 9.95. The summed E-state index contributed by atoms with van der Waals surface area (Å²) in [5, 5.41) is 12.3. The summed E-state index contributed by atoms with van der Waals surface area (Å²) in [6.45, 7) is 1.76. The van der Waals surface area contributed by atoms with Crippen molar-refractivity contribution < 1.29 is 9.90 Å². The summed E-state index contributed by atoms with van der Waals surface area (Å²) in [5.41, 5.74) is 7.99. The van der Waals surface area contributed by atoms with Crippen LogP contribution < -0.4 is 11.1 Å². The monoisotopic (exact) mass is 305 g/mol. The van der Waals surface area contributed by atoms with Gasteiger partial charge in [-0.05, 0) is 43.2 Å². The molecule has 0 fully saturated rings. The number of nitrogens with two attached hydrogens (primary N) is 1. The Hall–Kier alpha value is -2.11. The number of amides is 1. The van der Waals surface area contributed by atoms with Gasteiger partial charge < -0.3 is 16.2 Å². The van der Waals surface area contributed by atoms with Gasteiger partial charge >= 0.3 is 0 Å². The minimum atomic E-state index is -0.690. The van der Waals surface area contributed by atoms with E-state index in [4.69, 9.17) is 17.3 Å². The van der Waals surface area contributed by atoms with Crippen molar-refractivity contribution in [1.82, 2.24) is 4.98 Å². The molecule has 2 aromatic rings. The molecule has 5 nitrogen and oxygen atoms in total. The highest BCUT2D eigenvalue weighted by Crippen LogP contribution is 2.16. The fourth-order valence-electron chi connectivity index (χ4n) is 1.87. The molecular formula is C15H16ClN3O2. The van der Waals surface area contributed by atoms with Gasteiger partial charge in [-0.15, -0.1) is 0 Å². The summed E-state index contributed by atoms with van der Waals surface area (Å²) in [7, 11) is 0. The number of benzene rings is 1. The Bertz CT molecular complexity index is 644. The second kappa shape index (κ2) is 6.56. The molecule has 110 valence electrons. The summed E-state index contributed by atoms with van der Waals surface area (Å²) in [4.78, 5) is 16.1. The summed E-state index contributed by atoms with van der Waals surface area (Å²) >= 11 is 5.77. The van der Waals surface area contributed by atoms with Crippen molar-refractivity contribution in [3.8, 4) is 5.75 Å². The van der Waals surface area contributed by atoms with Crippen LogP contribution in [0.25, 0.3) is 0 Å². The molecule has 0 radical (unpaired) electrons. The number of carbonyl (C=O) groups is 1. The van der Waals surface area contributed by atoms with Crippen LogP contribution in [-0.2, 0) is 11.2 Å². The molecule has 4 N–H and O–H groups in total. The SMILES string of the molecule is Cc1nc(Cl)ccc1NC(=O)C(N)Cc1ccc(O)cc1. The number of hydrogen-bond donors (Lipinski definition) is 3. The number of halogens is 1. The normalized spacial score (nSPS) is 12.0. The maximum absolute atomic E-state index is 12.1. The zero-order valence-electron chi connectivity index (χ0n) is 11.5. The minimum absolute atomic E-state index is 0.180. The Morgan fingerprint density at radius 2 is 2.00 bits per heavy atom. The molecule has 0 saturated carbocycles. The molecule has 1 aromatic carbocycles. The molecule has 0 bridgehead atoms. The van der Waals surface area contributed by atoms with E-state index in [1.54, 1.807) is 43.3 Å². The van der Waals surface area contributed by atoms with Crippen LogP contribution in [-0.4, -0.2) is 22.0 Å². The van der Waals surface area contributed by atoms with Gasteiger partial charge in [0.15, 0.2) is 0 Å². The molecule has 0 aliphatic rings. The van der Waals surface area contributed by atoms with Gasteiger partial charge in [0.2, 0.25) is 5.91 Å². The Morgan fingerprint density at radius 1 is 1.33 bits per heavy atom. The van der Waals surface area contributed by atoms with E-state index in [2.05, 4.69) is 10.3 Å². The third-order valence-corrected chi connectivity index (χ3v) is 3.25. The zero-order valence-corrected chi connectivity index (χ0v) is 12.3. The topological polar surface area (TPSA) is 88.2 Å². The van der Waals surface area contributed by atoms with Gasteiger partial charge in [0, 0.05) is 0 Å². The second-order valence-corrected chi connectivity index (χ2v) is 5.12. The van der Waals surface area contributed by atoms with Gasteiger partial charge in [0.25, 0.3) is 0 Å². The molecule has 1 unspecified atom stereocenters. The lowest BCUT2D eigenvalue weighted by atomic mass is 10.1. The van der Waals surface area contributed by atoms with Gasteiger partial charge in [0.05, 0.1) is 17.4 Å². The number of phenolic OH excluding ortho intramolecular Hbond substituents is 1. The molecule has 1 atom stereocenters. The average molecular weight is 306 g/mol. The molecule has 0 spiro atoms. The minimum Gasteiger partial charge on any atom is -0.508 e. The van der Waals surface area contributed by atoms with Crippen LogP contribution in [0.15, 0.2) is 36.4 Å². The molecule has 0 saturated heterocycles. The number of aryl methyl sites for hydroxylation is 1. The second-order valence-electron chi connectivity index (χ2n) is 4.73. The van der Waals surface area contributed by atoms with Crippen LogP contribution in [0.3, 0.4) is 0 Å². The van der Waals surface area contributed by atoms with Crippen LogP contribution in [0, 0.1) is 6.92 Å². The van der Waals surface area contributed by atoms with Crippen LogP contribution >= 0.6 is 11.6 Å². The Kier molecular flexibility index (Phi) is 4.77. The predicted molar refractivity (Wildman–Crippen MR) is 82.4 cm³/mol. The molecule has 1 aromatic heterocycles. The quantitative estimate of drug-likeness (QED) is 0.756. The van der Waals surface area contributed by atoms with E-state index in [1.807, 2.05) is 0 Å². The van der Waals surface area contributed by atoms with Gasteiger partial charge in [-0.1, -0.05) is 23.7 Å². The average Bonchev–Trinajstić information content (AvgIpc) is 2.44.